The number of rotatable bonds is 6. The summed E-state index contributed by atoms with van der Waals surface area (Å²) in [6.45, 7) is 1.38. The monoisotopic (exact) mass is 398 g/mol. The van der Waals surface area contributed by atoms with Gasteiger partial charge in [0.2, 0.25) is 0 Å². The Balaban J connectivity index is 1.67. The number of esters is 1. The molecule has 0 unspecified atom stereocenters. The lowest BCUT2D eigenvalue weighted by molar-refractivity contribution is -0.136. The Morgan fingerprint density at radius 1 is 1.14 bits per heavy atom. The predicted molar refractivity (Wildman–Crippen MR) is 104 cm³/mol. The molecule has 0 N–H and O–H groups in total. The van der Waals surface area contributed by atoms with Crippen LogP contribution in [0.5, 0.6) is 0 Å². The minimum Gasteiger partial charge on any atom is -0.454 e. The minimum atomic E-state index is -0.672. The molecule has 142 valence electrons. The first kappa shape index (κ1) is 19.5. The summed E-state index contributed by atoms with van der Waals surface area (Å²) in [7, 11) is 0. The van der Waals surface area contributed by atoms with Gasteiger partial charge in [-0.05, 0) is 37.3 Å². The van der Waals surface area contributed by atoms with Crippen molar-refractivity contribution in [2.45, 2.75) is 6.92 Å². The number of benzene rings is 2. The van der Waals surface area contributed by atoms with Crippen LogP contribution in [0, 0.1) is 12.7 Å². The molecule has 7 heteroatoms. The number of halogens is 2. The molecule has 0 aliphatic rings. The van der Waals surface area contributed by atoms with Crippen molar-refractivity contribution in [3.8, 4) is 5.69 Å². The highest BCUT2D eigenvalue weighted by molar-refractivity contribution is 6.31. The Morgan fingerprint density at radius 3 is 2.50 bits per heavy atom. The lowest BCUT2D eigenvalue weighted by atomic mass is 10.1. The van der Waals surface area contributed by atoms with Gasteiger partial charge in [-0.15, -0.1) is 0 Å². The van der Waals surface area contributed by atoms with E-state index >= 15 is 0 Å². The van der Waals surface area contributed by atoms with Crippen LogP contribution >= 0.6 is 11.6 Å². The minimum absolute atomic E-state index is 0.272. The largest absolute Gasteiger partial charge is 0.454 e. The zero-order valence-electron chi connectivity index (χ0n) is 14.9. The van der Waals surface area contributed by atoms with Crippen molar-refractivity contribution in [3.63, 3.8) is 0 Å². The molecule has 0 aliphatic carbocycles. The van der Waals surface area contributed by atoms with Gasteiger partial charge in [0.05, 0.1) is 11.4 Å². The highest BCUT2D eigenvalue weighted by atomic mass is 35.5. The average Bonchev–Trinajstić information content (AvgIpc) is 2.99. The predicted octanol–water partition coefficient (Wildman–Crippen LogP) is 4.41. The summed E-state index contributed by atoms with van der Waals surface area (Å²) in [5.74, 6) is -1.33. The Labute approximate surface area is 166 Å². The topological polar surface area (TPSA) is 61.2 Å². The molecular formula is C21H16ClFN2O3. The molecule has 5 nitrogen and oxygen atoms in total. The van der Waals surface area contributed by atoms with Crippen molar-refractivity contribution in [1.82, 2.24) is 9.78 Å². The molecule has 0 saturated heterocycles. The first-order valence-electron chi connectivity index (χ1n) is 8.40. The van der Waals surface area contributed by atoms with Crippen molar-refractivity contribution in [1.29, 1.82) is 0 Å². The van der Waals surface area contributed by atoms with Gasteiger partial charge in [0.25, 0.3) is 0 Å². The third-order valence-corrected chi connectivity index (χ3v) is 4.31. The Hall–Kier alpha value is -3.25. The molecule has 1 aromatic heterocycles. The van der Waals surface area contributed by atoms with Gasteiger partial charge in [-0.25, -0.2) is 13.9 Å². The van der Waals surface area contributed by atoms with E-state index in [1.165, 1.54) is 29.0 Å². The number of aryl methyl sites for hydroxylation is 1. The Bertz CT molecular complexity index is 1030. The van der Waals surface area contributed by atoms with Gasteiger partial charge in [0, 0.05) is 17.2 Å². The Morgan fingerprint density at radius 2 is 1.82 bits per heavy atom. The van der Waals surface area contributed by atoms with E-state index in [1.54, 1.807) is 49.4 Å². The second kappa shape index (κ2) is 8.63. The lowest BCUT2D eigenvalue weighted by Gasteiger charge is -2.03. The van der Waals surface area contributed by atoms with E-state index in [0.29, 0.717) is 22.5 Å². The van der Waals surface area contributed by atoms with E-state index in [1.807, 2.05) is 0 Å². The summed E-state index contributed by atoms with van der Waals surface area (Å²) in [4.78, 5) is 23.9. The summed E-state index contributed by atoms with van der Waals surface area (Å²) in [5, 5.41) is 4.58. The molecule has 0 bridgehead atoms. The normalized spacial score (nSPS) is 11.0. The third-order valence-electron chi connectivity index (χ3n) is 3.95. The van der Waals surface area contributed by atoms with Gasteiger partial charge in [0.15, 0.2) is 12.4 Å². The molecule has 0 atom stereocenters. The maximum absolute atomic E-state index is 13.1. The number of carbonyl (C=O) groups excluding carboxylic acids is 2. The summed E-state index contributed by atoms with van der Waals surface area (Å²) < 4.78 is 19.5. The van der Waals surface area contributed by atoms with Gasteiger partial charge in [0.1, 0.15) is 11.0 Å². The SMILES string of the molecule is Cc1nn(-c2ccc(F)cc2)c(Cl)c1C=CC(=O)OCC(=O)c1ccccc1. The number of aromatic nitrogens is 2. The lowest BCUT2D eigenvalue weighted by Crippen LogP contribution is -2.12. The molecular weight excluding hydrogens is 383 g/mol. The van der Waals surface area contributed by atoms with Crippen molar-refractivity contribution < 1.29 is 18.7 Å². The number of ether oxygens (including phenoxy) is 1. The van der Waals surface area contributed by atoms with E-state index in [0.717, 1.165) is 0 Å². The van der Waals surface area contributed by atoms with Crippen LogP contribution in [0.2, 0.25) is 5.15 Å². The number of hydrogen-bond donors (Lipinski definition) is 0. The summed E-state index contributed by atoms with van der Waals surface area (Å²) >= 11 is 6.34. The first-order chi connectivity index (χ1) is 13.5. The second-order valence-corrected chi connectivity index (χ2v) is 6.27. The van der Waals surface area contributed by atoms with E-state index in [4.69, 9.17) is 16.3 Å². The van der Waals surface area contributed by atoms with Crippen LogP contribution in [-0.4, -0.2) is 28.1 Å². The van der Waals surface area contributed by atoms with Crippen LogP contribution in [-0.2, 0) is 9.53 Å². The van der Waals surface area contributed by atoms with Crippen molar-refractivity contribution in [3.05, 3.63) is 88.5 Å². The molecule has 28 heavy (non-hydrogen) atoms. The number of nitrogens with zero attached hydrogens (tertiary/aromatic N) is 2. The van der Waals surface area contributed by atoms with Crippen molar-refractivity contribution in [2.24, 2.45) is 0 Å². The van der Waals surface area contributed by atoms with Crippen LogP contribution in [0.15, 0.2) is 60.7 Å². The molecule has 0 fully saturated rings. The Kier molecular flexibility index (Phi) is 6.01. The van der Waals surface area contributed by atoms with Gasteiger partial charge in [-0.1, -0.05) is 41.9 Å². The van der Waals surface area contributed by atoms with Crippen LogP contribution in [0.3, 0.4) is 0 Å². The van der Waals surface area contributed by atoms with Crippen molar-refractivity contribution >= 4 is 29.4 Å². The standard InChI is InChI=1S/C21H16ClFN2O3/c1-14-18(21(22)25(24-14)17-9-7-16(23)8-10-17)11-12-20(27)28-13-19(26)15-5-3-2-4-6-15/h2-12H,13H2,1H3. The molecule has 0 aliphatic heterocycles. The highest BCUT2D eigenvalue weighted by Crippen LogP contribution is 2.24. The molecule has 0 amide bonds. The molecule has 0 radical (unpaired) electrons. The maximum atomic E-state index is 13.1. The molecule has 3 rings (SSSR count). The average molecular weight is 399 g/mol. The van der Waals surface area contributed by atoms with Gasteiger partial charge in [-0.2, -0.15) is 5.10 Å². The molecule has 0 spiro atoms. The van der Waals surface area contributed by atoms with Crippen LogP contribution in [0.1, 0.15) is 21.6 Å². The zero-order chi connectivity index (χ0) is 20.1. The van der Waals surface area contributed by atoms with E-state index < -0.39 is 5.97 Å². The van der Waals surface area contributed by atoms with Crippen molar-refractivity contribution in [2.75, 3.05) is 6.61 Å². The summed E-state index contributed by atoms with van der Waals surface area (Å²) in [6, 6.07) is 14.3. The second-order valence-electron chi connectivity index (χ2n) is 5.91. The smallest absolute Gasteiger partial charge is 0.331 e. The van der Waals surface area contributed by atoms with Gasteiger partial charge < -0.3 is 4.74 Å². The molecule has 0 saturated carbocycles. The van der Waals surface area contributed by atoms with E-state index in [2.05, 4.69) is 5.10 Å². The van der Waals surface area contributed by atoms with Crippen LogP contribution in [0.25, 0.3) is 11.8 Å². The zero-order valence-corrected chi connectivity index (χ0v) is 15.7. The number of Topliss-reactive ketones (excluding diaryl/α,β-unsaturated/α-hetero) is 1. The fourth-order valence-electron chi connectivity index (χ4n) is 2.50. The summed E-state index contributed by atoms with van der Waals surface area (Å²) in [5.41, 5.74) is 2.17. The third kappa shape index (κ3) is 4.53. The van der Waals surface area contributed by atoms with Gasteiger partial charge in [-0.3, -0.25) is 4.79 Å². The fourth-order valence-corrected chi connectivity index (χ4v) is 2.83. The molecule has 1 heterocycles. The summed E-state index contributed by atoms with van der Waals surface area (Å²) in [6.07, 6.45) is 2.66. The molecule has 3 aromatic rings. The quantitative estimate of drug-likeness (QED) is 0.350. The molecule has 2 aromatic carbocycles. The van der Waals surface area contributed by atoms with Crippen LogP contribution in [0.4, 0.5) is 4.39 Å². The van der Waals surface area contributed by atoms with Crippen LogP contribution < -0.4 is 0 Å². The van der Waals surface area contributed by atoms with E-state index in [9.17, 15) is 14.0 Å². The fraction of sp³-hybridized carbons (Fsp3) is 0.0952. The number of hydrogen-bond acceptors (Lipinski definition) is 4. The van der Waals surface area contributed by atoms with E-state index in [-0.39, 0.29) is 23.4 Å². The first-order valence-corrected chi connectivity index (χ1v) is 8.77. The van der Waals surface area contributed by atoms with Gasteiger partial charge >= 0.3 is 5.97 Å². The number of carbonyl (C=O) groups is 2. The highest BCUT2D eigenvalue weighted by Gasteiger charge is 2.13. The number of ketones is 1. The maximum Gasteiger partial charge on any atom is 0.331 e.